The Bertz CT molecular complexity index is 900. The quantitative estimate of drug-likeness (QED) is 0.634. The Hall–Kier alpha value is -2.43. The fraction of sp³-hybridized carbons (Fsp3) is 0.444. The molecule has 1 fully saturated rings. The summed E-state index contributed by atoms with van der Waals surface area (Å²) in [6.45, 7) is 0.707. The van der Waals surface area contributed by atoms with Gasteiger partial charge in [-0.15, -0.1) is 0 Å². The van der Waals surface area contributed by atoms with Crippen molar-refractivity contribution in [1.82, 2.24) is 19.2 Å². The lowest BCUT2D eigenvalue weighted by Crippen LogP contribution is -2.46. The summed E-state index contributed by atoms with van der Waals surface area (Å²) in [5, 5.41) is 2.62. The number of benzene rings is 1. The van der Waals surface area contributed by atoms with E-state index in [2.05, 4.69) is 10.3 Å². The van der Waals surface area contributed by atoms with E-state index < -0.39 is 22.2 Å². The number of nitrogens with one attached hydrogen (secondary N) is 1. The molecule has 0 aliphatic carbocycles. The molecule has 1 aromatic heterocycles. The zero-order valence-corrected chi connectivity index (χ0v) is 16.6. The lowest BCUT2D eigenvalue weighted by molar-refractivity contribution is -0.124. The summed E-state index contributed by atoms with van der Waals surface area (Å²) in [5.74, 6) is 0.249. The summed E-state index contributed by atoms with van der Waals surface area (Å²) in [6.07, 6.45) is 2.63. The average Bonchev–Trinajstić information content (AvgIpc) is 3.30. The number of rotatable bonds is 8. The molecule has 0 radical (unpaired) electrons. The van der Waals surface area contributed by atoms with E-state index in [1.807, 2.05) is 18.2 Å². The van der Waals surface area contributed by atoms with Crippen molar-refractivity contribution in [3.63, 3.8) is 0 Å². The molecule has 28 heavy (non-hydrogen) atoms. The standard InChI is InChI=1S/C18H24N4O5S/c1-21-12-17(20-13-21)28(24,25)22-11-15(27-14-6-4-3-5-7-14)10-16(22)18(23)19-8-9-26-2/h3-7,12-13,15-16H,8-11H2,1-2H3,(H,19,23)/t15-,16-/m0/s1. The van der Waals surface area contributed by atoms with Crippen LogP contribution in [0, 0.1) is 0 Å². The molecule has 0 spiro atoms. The zero-order valence-electron chi connectivity index (χ0n) is 15.8. The molecular weight excluding hydrogens is 384 g/mol. The van der Waals surface area contributed by atoms with Gasteiger partial charge in [-0.3, -0.25) is 4.79 Å². The van der Waals surface area contributed by atoms with E-state index in [1.165, 1.54) is 23.9 Å². The van der Waals surface area contributed by atoms with Crippen LogP contribution in [0.2, 0.25) is 0 Å². The Morgan fingerprint density at radius 1 is 1.32 bits per heavy atom. The zero-order chi connectivity index (χ0) is 20.1. The maximum Gasteiger partial charge on any atom is 0.262 e. The third-order valence-corrected chi connectivity index (χ3v) is 6.19. The van der Waals surface area contributed by atoms with Crippen molar-refractivity contribution >= 4 is 15.9 Å². The third kappa shape index (κ3) is 4.51. The van der Waals surface area contributed by atoms with Crippen LogP contribution in [0.15, 0.2) is 47.9 Å². The van der Waals surface area contributed by atoms with Gasteiger partial charge in [0.1, 0.15) is 17.9 Å². The first-order chi connectivity index (χ1) is 13.4. The average molecular weight is 408 g/mol. The number of para-hydroxylation sites is 1. The van der Waals surface area contributed by atoms with Crippen LogP contribution in [0.4, 0.5) is 0 Å². The molecule has 2 heterocycles. The van der Waals surface area contributed by atoms with Crippen LogP contribution in [0.3, 0.4) is 0 Å². The second-order valence-corrected chi connectivity index (χ2v) is 8.38. The number of carbonyl (C=O) groups is 1. The van der Waals surface area contributed by atoms with Crippen molar-refractivity contribution in [2.75, 3.05) is 26.8 Å². The number of ether oxygens (including phenoxy) is 2. The number of aromatic nitrogens is 2. The molecule has 1 aliphatic rings. The summed E-state index contributed by atoms with van der Waals surface area (Å²) in [6, 6.07) is 8.25. The van der Waals surface area contributed by atoms with Gasteiger partial charge in [0.15, 0.2) is 5.03 Å². The number of aryl methyl sites for hydroxylation is 1. The normalized spacial score (nSPS) is 20.2. The highest BCUT2D eigenvalue weighted by molar-refractivity contribution is 7.89. The van der Waals surface area contributed by atoms with Gasteiger partial charge in [-0.25, -0.2) is 13.4 Å². The first-order valence-electron chi connectivity index (χ1n) is 8.90. The van der Waals surface area contributed by atoms with Crippen molar-refractivity contribution in [3.05, 3.63) is 42.9 Å². The highest BCUT2D eigenvalue weighted by Gasteiger charge is 2.45. The molecule has 10 heteroatoms. The molecule has 0 unspecified atom stereocenters. The molecule has 1 N–H and O–H groups in total. The van der Waals surface area contributed by atoms with Gasteiger partial charge in [0.05, 0.1) is 19.5 Å². The summed E-state index contributed by atoms with van der Waals surface area (Å²) in [7, 11) is -0.721. The van der Waals surface area contributed by atoms with E-state index in [-0.39, 0.29) is 23.9 Å². The van der Waals surface area contributed by atoms with Crippen LogP contribution in [0.1, 0.15) is 6.42 Å². The van der Waals surface area contributed by atoms with E-state index in [0.29, 0.717) is 18.9 Å². The van der Waals surface area contributed by atoms with Crippen LogP contribution >= 0.6 is 0 Å². The first-order valence-corrected chi connectivity index (χ1v) is 10.3. The van der Waals surface area contributed by atoms with Gasteiger partial charge in [0.2, 0.25) is 5.91 Å². The number of carbonyl (C=O) groups excluding carboxylic acids is 1. The molecule has 152 valence electrons. The van der Waals surface area contributed by atoms with Gasteiger partial charge in [-0.2, -0.15) is 4.31 Å². The fourth-order valence-corrected chi connectivity index (χ4v) is 4.69. The smallest absolute Gasteiger partial charge is 0.262 e. The molecule has 1 aliphatic heterocycles. The summed E-state index contributed by atoms with van der Waals surface area (Å²) >= 11 is 0. The van der Waals surface area contributed by atoms with Crippen LogP contribution in [-0.4, -0.2) is 67.1 Å². The second kappa shape index (κ2) is 8.72. The van der Waals surface area contributed by atoms with Crippen LogP contribution in [0.5, 0.6) is 5.75 Å². The minimum absolute atomic E-state index is 0.0656. The summed E-state index contributed by atoms with van der Waals surface area (Å²) in [5.41, 5.74) is 0. The van der Waals surface area contributed by atoms with E-state index in [1.54, 1.807) is 23.7 Å². The SMILES string of the molecule is COCCNC(=O)[C@@H]1C[C@H](Oc2ccccc2)CN1S(=O)(=O)c1cn(C)cn1. The van der Waals surface area contributed by atoms with Gasteiger partial charge >= 0.3 is 0 Å². The van der Waals surface area contributed by atoms with E-state index in [4.69, 9.17) is 9.47 Å². The lowest BCUT2D eigenvalue weighted by atomic mass is 10.2. The number of methoxy groups -OCH3 is 1. The third-order valence-electron chi connectivity index (χ3n) is 4.43. The van der Waals surface area contributed by atoms with Crippen LogP contribution < -0.4 is 10.1 Å². The molecule has 1 aromatic carbocycles. The van der Waals surface area contributed by atoms with Crippen LogP contribution in [-0.2, 0) is 26.6 Å². The van der Waals surface area contributed by atoms with Crippen molar-refractivity contribution in [1.29, 1.82) is 0 Å². The van der Waals surface area contributed by atoms with E-state index in [9.17, 15) is 13.2 Å². The number of nitrogens with zero attached hydrogens (tertiary/aromatic N) is 3. The topological polar surface area (TPSA) is 103 Å². The molecular formula is C18H24N4O5S. The Labute approximate surface area is 164 Å². The van der Waals surface area contributed by atoms with Crippen LogP contribution in [0.25, 0.3) is 0 Å². The van der Waals surface area contributed by atoms with Crippen molar-refractivity contribution in [2.45, 2.75) is 23.6 Å². The highest BCUT2D eigenvalue weighted by Crippen LogP contribution is 2.28. The van der Waals surface area contributed by atoms with E-state index in [0.717, 1.165) is 0 Å². The highest BCUT2D eigenvalue weighted by atomic mass is 32.2. The molecule has 1 amide bonds. The van der Waals surface area contributed by atoms with Gasteiger partial charge in [-0.05, 0) is 12.1 Å². The molecule has 2 atom stereocenters. The van der Waals surface area contributed by atoms with Gasteiger partial charge in [-0.1, -0.05) is 18.2 Å². The first kappa shape index (κ1) is 20.3. The van der Waals surface area contributed by atoms with E-state index >= 15 is 0 Å². The number of sulfonamides is 1. The minimum atomic E-state index is -3.94. The monoisotopic (exact) mass is 408 g/mol. The number of hydrogen-bond acceptors (Lipinski definition) is 6. The molecule has 1 saturated heterocycles. The Kier molecular flexibility index (Phi) is 6.32. The lowest BCUT2D eigenvalue weighted by Gasteiger charge is -2.21. The van der Waals surface area contributed by atoms with Crippen molar-refractivity contribution in [2.24, 2.45) is 7.05 Å². The fourth-order valence-electron chi connectivity index (χ4n) is 3.09. The summed E-state index contributed by atoms with van der Waals surface area (Å²) < 4.78 is 39.7. The predicted octanol–water partition coefficient (Wildman–Crippen LogP) is 0.393. The number of amides is 1. The van der Waals surface area contributed by atoms with Crippen molar-refractivity contribution in [3.8, 4) is 5.75 Å². The molecule has 9 nitrogen and oxygen atoms in total. The maximum atomic E-state index is 13.1. The Morgan fingerprint density at radius 2 is 2.07 bits per heavy atom. The van der Waals surface area contributed by atoms with Crippen molar-refractivity contribution < 1.29 is 22.7 Å². The van der Waals surface area contributed by atoms with Gasteiger partial charge < -0.3 is 19.4 Å². The predicted molar refractivity (Wildman–Crippen MR) is 101 cm³/mol. The second-order valence-electron chi connectivity index (χ2n) is 6.54. The number of hydrogen-bond donors (Lipinski definition) is 1. The molecule has 2 aromatic rings. The molecule has 0 bridgehead atoms. The largest absolute Gasteiger partial charge is 0.489 e. The Balaban J connectivity index is 1.82. The maximum absolute atomic E-state index is 13.1. The minimum Gasteiger partial charge on any atom is -0.489 e. The van der Waals surface area contributed by atoms with Gasteiger partial charge in [0, 0.05) is 33.3 Å². The Morgan fingerprint density at radius 3 is 2.71 bits per heavy atom. The summed E-state index contributed by atoms with van der Waals surface area (Å²) in [4.78, 5) is 16.6. The molecule has 0 saturated carbocycles. The van der Waals surface area contributed by atoms with Gasteiger partial charge in [0.25, 0.3) is 10.0 Å². The molecule has 3 rings (SSSR count). The number of imidazole rings is 1.